The zero-order valence-corrected chi connectivity index (χ0v) is 12.5. The SMILES string of the molecule is COc1ccc(Br)c(CN2CCCSCC2)c1. The maximum atomic E-state index is 5.28. The van der Waals surface area contributed by atoms with Gasteiger partial charge in [-0.2, -0.15) is 11.8 Å². The molecule has 0 atom stereocenters. The molecule has 1 saturated heterocycles. The Labute approximate surface area is 116 Å². The minimum Gasteiger partial charge on any atom is -0.497 e. The van der Waals surface area contributed by atoms with Gasteiger partial charge in [0.2, 0.25) is 0 Å². The Bertz CT molecular complexity index is 364. The predicted octanol–water partition coefficient (Wildman–Crippen LogP) is 3.40. The van der Waals surface area contributed by atoms with E-state index >= 15 is 0 Å². The smallest absolute Gasteiger partial charge is 0.119 e. The first-order valence-corrected chi connectivity index (χ1v) is 7.87. The fraction of sp³-hybridized carbons (Fsp3) is 0.538. The van der Waals surface area contributed by atoms with Crippen LogP contribution in [0, 0.1) is 0 Å². The maximum Gasteiger partial charge on any atom is 0.119 e. The molecule has 0 aromatic heterocycles. The van der Waals surface area contributed by atoms with E-state index in [1.807, 2.05) is 6.07 Å². The van der Waals surface area contributed by atoms with E-state index < -0.39 is 0 Å². The third kappa shape index (κ3) is 3.90. The molecule has 2 nitrogen and oxygen atoms in total. The third-order valence-corrected chi connectivity index (χ3v) is 4.78. The van der Waals surface area contributed by atoms with Crippen LogP contribution in [-0.4, -0.2) is 36.6 Å². The lowest BCUT2D eigenvalue weighted by Gasteiger charge is -2.20. The van der Waals surface area contributed by atoms with Crippen LogP contribution in [0.25, 0.3) is 0 Å². The molecule has 1 aromatic rings. The minimum absolute atomic E-state index is 0.937. The van der Waals surface area contributed by atoms with Crippen molar-refractivity contribution in [2.45, 2.75) is 13.0 Å². The molecule has 0 radical (unpaired) electrons. The highest BCUT2D eigenvalue weighted by molar-refractivity contribution is 9.10. The number of hydrogen-bond donors (Lipinski definition) is 0. The van der Waals surface area contributed by atoms with Crippen LogP contribution in [0.4, 0.5) is 0 Å². The molecule has 0 bridgehead atoms. The number of ether oxygens (including phenoxy) is 1. The van der Waals surface area contributed by atoms with Crippen molar-refractivity contribution in [1.29, 1.82) is 0 Å². The van der Waals surface area contributed by atoms with Crippen LogP contribution in [-0.2, 0) is 6.54 Å². The summed E-state index contributed by atoms with van der Waals surface area (Å²) in [6.07, 6.45) is 1.30. The molecule has 0 saturated carbocycles. The first-order valence-electron chi connectivity index (χ1n) is 5.92. The van der Waals surface area contributed by atoms with Crippen molar-refractivity contribution in [1.82, 2.24) is 4.90 Å². The highest BCUT2D eigenvalue weighted by atomic mass is 79.9. The van der Waals surface area contributed by atoms with E-state index in [9.17, 15) is 0 Å². The van der Waals surface area contributed by atoms with Crippen molar-refractivity contribution in [3.8, 4) is 5.75 Å². The lowest BCUT2D eigenvalue weighted by atomic mass is 10.2. The Morgan fingerprint density at radius 3 is 3.06 bits per heavy atom. The van der Waals surface area contributed by atoms with Gasteiger partial charge in [0.05, 0.1) is 7.11 Å². The van der Waals surface area contributed by atoms with Crippen LogP contribution in [0.3, 0.4) is 0 Å². The molecule has 0 amide bonds. The van der Waals surface area contributed by atoms with Crippen molar-refractivity contribution < 1.29 is 4.74 Å². The van der Waals surface area contributed by atoms with Crippen LogP contribution in [0.2, 0.25) is 0 Å². The molecule has 0 aliphatic carbocycles. The summed E-state index contributed by atoms with van der Waals surface area (Å²) in [6, 6.07) is 6.19. The lowest BCUT2D eigenvalue weighted by Crippen LogP contribution is -2.25. The van der Waals surface area contributed by atoms with Crippen molar-refractivity contribution >= 4 is 27.7 Å². The van der Waals surface area contributed by atoms with Gasteiger partial charge in [0, 0.05) is 23.3 Å². The maximum absolute atomic E-state index is 5.28. The van der Waals surface area contributed by atoms with Gasteiger partial charge >= 0.3 is 0 Å². The van der Waals surface area contributed by atoms with E-state index in [-0.39, 0.29) is 0 Å². The van der Waals surface area contributed by atoms with E-state index in [1.54, 1.807) is 7.11 Å². The molecule has 17 heavy (non-hydrogen) atoms. The number of thioether (sulfide) groups is 1. The average molecular weight is 316 g/mol. The Balaban J connectivity index is 2.05. The molecule has 94 valence electrons. The summed E-state index contributed by atoms with van der Waals surface area (Å²) in [7, 11) is 1.72. The molecule has 2 rings (SSSR count). The summed E-state index contributed by atoms with van der Waals surface area (Å²) in [5.74, 6) is 3.49. The molecule has 4 heteroatoms. The normalized spacial score (nSPS) is 17.8. The summed E-state index contributed by atoms with van der Waals surface area (Å²) < 4.78 is 6.46. The van der Waals surface area contributed by atoms with Gasteiger partial charge in [0.15, 0.2) is 0 Å². The quantitative estimate of drug-likeness (QED) is 0.848. The molecule has 1 aromatic carbocycles. The molecular formula is C13H18BrNOS. The zero-order chi connectivity index (χ0) is 12.1. The molecule has 0 spiro atoms. The first kappa shape index (κ1) is 13.2. The van der Waals surface area contributed by atoms with Crippen LogP contribution >= 0.6 is 27.7 Å². The fourth-order valence-corrected chi connectivity index (χ4v) is 3.29. The number of benzene rings is 1. The number of hydrogen-bond acceptors (Lipinski definition) is 3. The Morgan fingerprint density at radius 1 is 1.35 bits per heavy atom. The molecule has 0 unspecified atom stereocenters. The topological polar surface area (TPSA) is 12.5 Å². The number of nitrogens with zero attached hydrogens (tertiary/aromatic N) is 1. The van der Waals surface area contributed by atoms with Gasteiger partial charge in [-0.15, -0.1) is 0 Å². The summed E-state index contributed by atoms with van der Waals surface area (Å²) in [4.78, 5) is 2.53. The highest BCUT2D eigenvalue weighted by Crippen LogP contribution is 2.24. The highest BCUT2D eigenvalue weighted by Gasteiger charge is 2.11. The zero-order valence-electron chi connectivity index (χ0n) is 10.1. The average Bonchev–Trinajstić information content (AvgIpc) is 2.60. The summed E-state index contributed by atoms with van der Waals surface area (Å²) in [5.41, 5.74) is 1.32. The Morgan fingerprint density at radius 2 is 2.24 bits per heavy atom. The van der Waals surface area contributed by atoms with Gasteiger partial charge in [-0.3, -0.25) is 4.90 Å². The van der Waals surface area contributed by atoms with Crippen molar-refractivity contribution in [2.24, 2.45) is 0 Å². The van der Waals surface area contributed by atoms with E-state index in [4.69, 9.17) is 4.74 Å². The standard InChI is InChI=1S/C13H18BrNOS/c1-16-12-3-4-13(14)11(9-12)10-15-5-2-7-17-8-6-15/h3-4,9H,2,5-8,10H2,1H3. The Kier molecular flexibility index (Phi) is 5.19. The van der Waals surface area contributed by atoms with E-state index in [0.717, 1.165) is 12.3 Å². The lowest BCUT2D eigenvalue weighted by molar-refractivity contribution is 0.286. The molecule has 1 aliphatic rings. The molecule has 1 fully saturated rings. The van der Waals surface area contributed by atoms with E-state index in [1.165, 1.54) is 41.1 Å². The molecule has 1 heterocycles. The first-order chi connectivity index (χ1) is 8.29. The third-order valence-electron chi connectivity index (χ3n) is 2.96. The largest absolute Gasteiger partial charge is 0.497 e. The van der Waals surface area contributed by atoms with Gasteiger partial charge in [-0.1, -0.05) is 15.9 Å². The number of rotatable bonds is 3. The Hall–Kier alpha value is -0.190. The van der Waals surface area contributed by atoms with Crippen LogP contribution in [0.15, 0.2) is 22.7 Å². The van der Waals surface area contributed by atoms with Gasteiger partial charge in [-0.05, 0) is 42.5 Å². The van der Waals surface area contributed by atoms with Crippen molar-refractivity contribution in [3.05, 3.63) is 28.2 Å². The van der Waals surface area contributed by atoms with Gasteiger partial charge in [0.1, 0.15) is 5.75 Å². The fourth-order valence-electron chi connectivity index (χ4n) is 2.00. The predicted molar refractivity (Wildman–Crippen MR) is 77.9 cm³/mol. The molecule has 1 aliphatic heterocycles. The molecule has 0 N–H and O–H groups in total. The monoisotopic (exact) mass is 315 g/mol. The summed E-state index contributed by atoms with van der Waals surface area (Å²) in [6.45, 7) is 3.41. The molecular weight excluding hydrogens is 298 g/mol. The van der Waals surface area contributed by atoms with E-state index in [2.05, 4.69) is 44.7 Å². The number of halogens is 1. The summed E-state index contributed by atoms with van der Waals surface area (Å²) in [5, 5.41) is 0. The van der Waals surface area contributed by atoms with Crippen LogP contribution < -0.4 is 4.74 Å². The second-order valence-corrected chi connectivity index (χ2v) is 6.28. The second-order valence-electron chi connectivity index (χ2n) is 4.20. The van der Waals surface area contributed by atoms with Gasteiger partial charge in [0.25, 0.3) is 0 Å². The van der Waals surface area contributed by atoms with Gasteiger partial charge in [-0.25, -0.2) is 0 Å². The van der Waals surface area contributed by atoms with Crippen molar-refractivity contribution in [2.75, 3.05) is 31.7 Å². The van der Waals surface area contributed by atoms with E-state index in [0.29, 0.717) is 0 Å². The number of methoxy groups -OCH3 is 1. The van der Waals surface area contributed by atoms with Crippen LogP contribution in [0.1, 0.15) is 12.0 Å². The minimum atomic E-state index is 0.937. The van der Waals surface area contributed by atoms with Gasteiger partial charge < -0.3 is 4.74 Å². The second kappa shape index (κ2) is 6.66. The summed E-state index contributed by atoms with van der Waals surface area (Å²) >= 11 is 5.68. The van der Waals surface area contributed by atoms with Crippen molar-refractivity contribution in [3.63, 3.8) is 0 Å². The van der Waals surface area contributed by atoms with Crippen LogP contribution in [0.5, 0.6) is 5.75 Å².